The number of hydrogen-bond donors (Lipinski definition) is 2. The maximum Gasteiger partial charge on any atom is 0.191 e. The first-order valence-corrected chi connectivity index (χ1v) is 8.91. The third-order valence-electron chi connectivity index (χ3n) is 3.48. The number of benzene rings is 1. The monoisotopic (exact) mass is 467 g/mol. The van der Waals surface area contributed by atoms with Crippen LogP contribution in [-0.4, -0.2) is 22.3 Å². The van der Waals surface area contributed by atoms with E-state index in [2.05, 4.69) is 56.6 Å². The van der Waals surface area contributed by atoms with E-state index in [1.807, 2.05) is 29.1 Å². The second kappa shape index (κ2) is 10.2. The number of nitrogens with zero attached hydrogens (tertiary/aromatic N) is 3. The van der Waals surface area contributed by atoms with Crippen LogP contribution in [0.5, 0.6) is 0 Å². The van der Waals surface area contributed by atoms with Crippen LogP contribution in [0, 0.1) is 0 Å². The van der Waals surface area contributed by atoms with Gasteiger partial charge in [0.2, 0.25) is 0 Å². The highest BCUT2D eigenvalue weighted by atomic mass is 127. The predicted octanol–water partition coefficient (Wildman–Crippen LogP) is 3.81. The molecule has 0 aliphatic heterocycles. The molecule has 0 radical (unpaired) electrons. The van der Waals surface area contributed by atoms with Gasteiger partial charge >= 0.3 is 0 Å². The van der Waals surface area contributed by atoms with Crippen LogP contribution >= 0.6 is 35.3 Å². The van der Waals surface area contributed by atoms with E-state index < -0.39 is 0 Å². The quantitative estimate of drug-likeness (QED) is 0.330. The maximum absolute atomic E-state index is 4.63. The molecule has 3 aromatic rings. The third kappa shape index (κ3) is 5.86. The summed E-state index contributed by atoms with van der Waals surface area (Å²) in [5.41, 5.74) is 3.47. The topological polar surface area (TPSA) is 54.2 Å². The summed E-state index contributed by atoms with van der Waals surface area (Å²) in [5.74, 6) is 0.827. The Balaban J connectivity index is 0.00000225. The van der Waals surface area contributed by atoms with E-state index in [1.54, 1.807) is 17.5 Å². The van der Waals surface area contributed by atoms with E-state index in [0.717, 1.165) is 18.2 Å². The lowest BCUT2D eigenvalue weighted by molar-refractivity contribution is 0.812. The third-order valence-corrected chi connectivity index (χ3v) is 4.22. The molecule has 7 heteroatoms. The number of thiophene rings is 1. The van der Waals surface area contributed by atoms with Crippen molar-refractivity contribution in [3.05, 3.63) is 70.7 Å². The van der Waals surface area contributed by atoms with Gasteiger partial charge in [-0.1, -0.05) is 12.1 Å². The van der Waals surface area contributed by atoms with Crippen LogP contribution in [-0.2, 0) is 13.1 Å². The molecule has 0 saturated carbocycles. The Labute approximate surface area is 169 Å². The van der Waals surface area contributed by atoms with Gasteiger partial charge in [-0.3, -0.25) is 0 Å². The average molecular weight is 467 g/mol. The van der Waals surface area contributed by atoms with Gasteiger partial charge in [-0.2, -0.15) is 16.4 Å². The lowest BCUT2D eigenvalue weighted by atomic mass is 10.2. The highest BCUT2D eigenvalue weighted by Gasteiger charge is 2.01. The van der Waals surface area contributed by atoms with E-state index in [9.17, 15) is 0 Å². The van der Waals surface area contributed by atoms with Crippen LogP contribution in [0.25, 0.3) is 5.69 Å². The Bertz CT molecular complexity index is 769. The van der Waals surface area contributed by atoms with Gasteiger partial charge in [0.1, 0.15) is 0 Å². The Morgan fingerprint density at radius 2 is 2.12 bits per heavy atom. The number of guanidine groups is 1. The van der Waals surface area contributed by atoms with Crippen LogP contribution < -0.4 is 10.6 Å². The minimum Gasteiger partial charge on any atom is -0.357 e. The van der Waals surface area contributed by atoms with Gasteiger partial charge in [-0.05, 0) is 53.1 Å². The zero-order chi connectivity index (χ0) is 16.6. The van der Waals surface area contributed by atoms with Crippen molar-refractivity contribution in [3.8, 4) is 5.69 Å². The smallest absolute Gasteiger partial charge is 0.191 e. The zero-order valence-electron chi connectivity index (χ0n) is 14.1. The normalized spacial score (nSPS) is 11.0. The molecule has 0 aliphatic carbocycles. The van der Waals surface area contributed by atoms with Gasteiger partial charge in [0.15, 0.2) is 5.96 Å². The first-order valence-electron chi connectivity index (χ1n) is 7.97. The van der Waals surface area contributed by atoms with Gasteiger partial charge in [-0.15, -0.1) is 24.0 Å². The van der Waals surface area contributed by atoms with Gasteiger partial charge in [0.25, 0.3) is 0 Å². The predicted molar refractivity (Wildman–Crippen MR) is 115 cm³/mol. The fraction of sp³-hybridized carbons (Fsp3) is 0.222. The molecule has 0 fully saturated rings. The minimum atomic E-state index is 0. The van der Waals surface area contributed by atoms with Crippen LogP contribution in [0.2, 0.25) is 0 Å². The number of aromatic nitrogens is 2. The summed E-state index contributed by atoms with van der Waals surface area (Å²) in [6, 6.07) is 12.3. The highest BCUT2D eigenvalue weighted by Crippen LogP contribution is 2.10. The van der Waals surface area contributed by atoms with Crippen molar-refractivity contribution in [2.75, 3.05) is 6.54 Å². The zero-order valence-corrected chi connectivity index (χ0v) is 17.2. The molecule has 0 unspecified atom stereocenters. The summed E-state index contributed by atoms with van der Waals surface area (Å²) in [4.78, 5) is 4.63. The Morgan fingerprint density at radius 3 is 2.84 bits per heavy atom. The molecule has 3 rings (SSSR count). The molecular formula is C18H22IN5S. The van der Waals surface area contributed by atoms with E-state index in [4.69, 9.17) is 0 Å². The van der Waals surface area contributed by atoms with Crippen molar-refractivity contribution in [1.82, 2.24) is 20.4 Å². The molecule has 0 spiro atoms. The summed E-state index contributed by atoms with van der Waals surface area (Å²) in [5, 5.41) is 15.1. The second-order valence-electron chi connectivity index (χ2n) is 5.30. The lowest BCUT2D eigenvalue weighted by Gasteiger charge is -2.12. The average Bonchev–Trinajstić information content (AvgIpc) is 3.31. The fourth-order valence-corrected chi connectivity index (χ4v) is 2.97. The Kier molecular flexibility index (Phi) is 7.93. The van der Waals surface area contributed by atoms with E-state index in [1.165, 1.54) is 11.1 Å². The molecule has 2 heterocycles. The number of halogens is 1. The molecule has 132 valence electrons. The molecule has 0 atom stereocenters. The van der Waals surface area contributed by atoms with Gasteiger partial charge in [0.05, 0.1) is 12.2 Å². The van der Waals surface area contributed by atoms with Gasteiger partial charge < -0.3 is 10.6 Å². The molecular weight excluding hydrogens is 445 g/mol. The van der Waals surface area contributed by atoms with Crippen molar-refractivity contribution in [3.63, 3.8) is 0 Å². The standard InChI is InChI=1S/C18H21N5S.HI/c1-2-19-18(21-13-16-7-10-24-14-16)20-12-15-5-3-6-17(11-15)23-9-4-8-22-23;/h3-11,14H,2,12-13H2,1H3,(H2,19,20,21);1H. The second-order valence-corrected chi connectivity index (χ2v) is 6.08. The summed E-state index contributed by atoms with van der Waals surface area (Å²) in [6.45, 7) is 4.31. The van der Waals surface area contributed by atoms with Crippen molar-refractivity contribution in [2.45, 2.75) is 20.0 Å². The summed E-state index contributed by atoms with van der Waals surface area (Å²) >= 11 is 1.70. The fourth-order valence-electron chi connectivity index (χ4n) is 2.31. The molecule has 25 heavy (non-hydrogen) atoms. The minimum absolute atomic E-state index is 0. The van der Waals surface area contributed by atoms with E-state index >= 15 is 0 Å². The van der Waals surface area contributed by atoms with Crippen LogP contribution in [0.1, 0.15) is 18.1 Å². The number of hydrogen-bond acceptors (Lipinski definition) is 3. The van der Waals surface area contributed by atoms with Crippen molar-refractivity contribution in [2.24, 2.45) is 4.99 Å². The number of nitrogens with one attached hydrogen (secondary N) is 2. The molecule has 5 nitrogen and oxygen atoms in total. The van der Waals surface area contributed by atoms with Gasteiger partial charge in [-0.25, -0.2) is 9.67 Å². The van der Waals surface area contributed by atoms with Gasteiger partial charge in [0, 0.05) is 25.5 Å². The maximum atomic E-state index is 4.63. The summed E-state index contributed by atoms with van der Waals surface area (Å²) in [7, 11) is 0. The molecule has 0 aliphatic rings. The van der Waals surface area contributed by atoms with Crippen LogP contribution in [0.3, 0.4) is 0 Å². The molecule has 0 saturated heterocycles. The largest absolute Gasteiger partial charge is 0.357 e. The van der Waals surface area contributed by atoms with E-state index in [0.29, 0.717) is 13.1 Å². The Hall–Kier alpha value is -1.87. The van der Waals surface area contributed by atoms with Crippen LogP contribution in [0.15, 0.2) is 64.5 Å². The SMILES string of the molecule is CCNC(=NCc1ccsc1)NCc1cccc(-n2cccn2)c1.I. The summed E-state index contributed by atoms with van der Waals surface area (Å²) < 4.78 is 1.86. The molecule has 2 aromatic heterocycles. The van der Waals surface area contributed by atoms with Crippen molar-refractivity contribution in [1.29, 1.82) is 0 Å². The van der Waals surface area contributed by atoms with Crippen LogP contribution in [0.4, 0.5) is 0 Å². The molecule has 0 amide bonds. The Morgan fingerprint density at radius 1 is 1.20 bits per heavy atom. The molecule has 0 bridgehead atoms. The first-order chi connectivity index (χ1) is 11.8. The molecule has 1 aromatic carbocycles. The first kappa shape index (κ1) is 19.5. The van der Waals surface area contributed by atoms with Crippen molar-refractivity contribution >= 4 is 41.3 Å². The number of rotatable bonds is 6. The van der Waals surface area contributed by atoms with E-state index in [-0.39, 0.29) is 24.0 Å². The number of aliphatic imine (C=N–C) groups is 1. The lowest BCUT2D eigenvalue weighted by Crippen LogP contribution is -2.36. The highest BCUT2D eigenvalue weighted by molar-refractivity contribution is 14.0. The summed E-state index contributed by atoms with van der Waals surface area (Å²) in [6.07, 6.45) is 3.73. The molecule has 2 N–H and O–H groups in total. The van der Waals surface area contributed by atoms with Crippen molar-refractivity contribution < 1.29 is 0 Å².